The Bertz CT molecular complexity index is 2100. The third-order valence-electron chi connectivity index (χ3n) is 7.96. The Morgan fingerprint density at radius 2 is 0.684 bits per heavy atom. The van der Waals surface area contributed by atoms with Gasteiger partial charge in [0.25, 0.3) is 0 Å². The van der Waals surface area contributed by atoms with E-state index in [0.29, 0.717) is 0 Å². The molecule has 0 N–H and O–H groups in total. The topological polar surface area (TPSA) is 0 Å². The van der Waals surface area contributed by atoms with Crippen LogP contribution in [0.2, 0.25) is 0 Å². The highest BCUT2D eigenvalue weighted by Gasteiger charge is 2.14. The molecule has 178 valence electrons. The van der Waals surface area contributed by atoms with Crippen LogP contribution in [0.5, 0.6) is 0 Å². The molecule has 0 heterocycles. The fourth-order valence-electron chi connectivity index (χ4n) is 6.17. The molecule has 0 radical (unpaired) electrons. The van der Waals surface area contributed by atoms with Crippen LogP contribution in [0.25, 0.3) is 75.8 Å². The lowest BCUT2D eigenvalue weighted by atomic mass is 9.89. The molecule has 0 atom stereocenters. The van der Waals surface area contributed by atoms with Crippen molar-refractivity contribution < 1.29 is 0 Å². The number of fused-ring (bicyclic) bond motifs is 8. The van der Waals surface area contributed by atoms with Crippen LogP contribution in [0.1, 0.15) is 0 Å². The average molecular weight is 612 g/mol. The molecule has 2 heteroatoms. The van der Waals surface area contributed by atoms with Gasteiger partial charge in [0.15, 0.2) is 0 Å². The van der Waals surface area contributed by atoms with E-state index in [0.717, 1.165) is 8.95 Å². The predicted octanol–water partition coefficient (Wildman–Crippen LogP) is 11.8. The van der Waals surface area contributed by atoms with Gasteiger partial charge in [0, 0.05) is 8.95 Å². The van der Waals surface area contributed by atoms with Crippen molar-refractivity contribution in [2.24, 2.45) is 0 Å². The number of benzene rings is 8. The van der Waals surface area contributed by atoms with Crippen molar-refractivity contribution in [3.63, 3.8) is 0 Å². The number of rotatable bonds is 1. The van der Waals surface area contributed by atoms with Crippen LogP contribution in [-0.2, 0) is 0 Å². The molecular formula is C36H20Br2. The van der Waals surface area contributed by atoms with E-state index >= 15 is 0 Å². The van der Waals surface area contributed by atoms with Crippen LogP contribution in [0.4, 0.5) is 0 Å². The number of hydrogen-bond donors (Lipinski definition) is 0. The van der Waals surface area contributed by atoms with Gasteiger partial charge in [-0.25, -0.2) is 0 Å². The first-order valence-electron chi connectivity index (χ1n) is 12.7. The molecule has 0 fully saturated rings. The van der Waals surface area contributed by atoms with Gasteiger partial charge in [-0.15, -0.1) is 0 Å². The highest BCUT2D eigenvalue weighted by Crippen LogP contribution is 2.42. The Morgan fingerprint density at radius 3 is 1.16 bits per heavy atom. The second kappa shape index (κ2) is 8.39. The molecule has 0 spiro atoms. The summed E-state index contributed by atoms with van der Waals surface area (Å²) in [6.07, 6.45) is 0. The van der Waals surface area contributed by atoms with E-state index in [-0.39, 0.29) is 0 Å². The maximum atomic E-state index is 3.91. The van der Waals surface area contributed by atoms with Crippen molar-refractivity contribution in [3.05, 3.63) is 130 Å². The monoisotopic (exact) mass is 610 g/mol. The van der Waals surface area contributed by atoms with E-state index in [4.69, 9.17) is 0 Å². The lowest BCUT2D eigenvalue weighted by Gasteiger charge is -2.15. The van der Waals surface area contributed by atoms with Gasteiger partial charge in [0.2, 0.25) is 0 Å². The lowest BCUT2D eigenvalue weighted by Crippen LogP contribution is -1.88. The summed E-state index contributed by atoms with van der Waals surface area (Å²) >= 11 is 7.81. The molecule has 0 amide bonds. The Morgan fingerprint density at radius 1 is 0.289 bits per heavy atom. The molecule has 0 aliphatic rings. The maximum absolute atomic E-state index is 3.91. The standard InChI is InChI=1S/C36H20Br2/c37-35-23-9-3-1-7-21(23)19-33-27-13-5-11-25(29(27)15-17-31(33)35)26-12-6-14-28-30(26)16-18-32-34(28)20-22-8-2-4-10-24(22)36(32)38/h1-20H. The summed E-state index contributed by atoms with van der Waals surface area (Å²) in [5, 5.41) is 15.1. The van der Waals surface area contributed by atoms with Gasteiger partial charge >= 0.3 is 0 Å². The molecule has 0 nitrogen and oxygen atoms in total. The van der Waals surface area contributed by atoms with E-state index in [9.17, 15) is 0 Å². The van der Waals surface area contributed by atoms with Crippen molar-refractivity contribution in [3.8, 4) is 11.1 Å². The van der Waals surface area contributed by atoms with E-state index in [1.807, 2.05) is 0 Å². The highest BCUT2D eigenvalue weighted by atomic mass is 79.9. The van der Waals surface area contributed by atoms with Gasteiger partial charge in [-0.3, -0.25) is 0 Å². The molecule has 0 aliphatic heterocycles. The summed E-state index contributed by atoms with van der Waals surface area (Å²) in [5.41, 5.74) is 2.52. The average Bonchev–Trinajstić information content (AvgIpc) is 2.97. The van der Waals surface area contributed by atoms with Crippen LogP contribution in [0, 0.1) is 0 Å². The van der Waals surface area contributed by atoms with Gasteiger partial charge in [0.05, 0.1) is 0 Å². The van der Waals surface area contributed by atoms with Crippen LogP contribution < -0.4 is 0 Å². The normalized spacial score (nSPS) is 11.9. The minimum absolute atomic E-state index is 1.16. The molecule has 0 unspecified atom stereocenters. The first-order valence-corrected chi connectivity index (χ1v) is 14.3. The molecule has 0 saturated carbocycles. The van der Waals surface area contributed by atoms with Crippen LogP contribution in [0.3, 0.4) is 0 Å². The SMILES string of the molecule is Brc1c2ccccc2cc2c1ccc1c(-c3cccc4c3ccc3c(Br)c5ccccc5cc34)cccc12. The molecule has 0 aromatic heterocycles. The highest BCUT2D eigenvalue weighted by molar-refractivity contribution is 9.11. The molecule has 8 rings (SSSR count). The molecule has 8 aromatic carbocycles. The molecule has 0 saturated heterocycles. The van der Waals surface area contributed by atoms with Crippen molar-refractivity contribution >= 4 is 96.5 Å². The van der Waals surface area contributed by atoms with Gasteiger partial charge in [-0.05, 0) is 120 Å². The van der Waals surface area contributed by atoms with Crippen LogP contribution in [0.15, 0.2) is 130 Å². The van der Waals surface area contributed by atoms with Crippen molar-refractivity contribution in [2.75, 3.05) is 0 Å². The quantitative estimate of drug-likeness (QED) is 0.128. The largest absolute Gasteiger partial charge is 0.0616 e. The lowest BCUT2D eigenvalue weighted by molar-refractivity contribution is 1.70. The van der Waals surface area contributed by atoms with E-state index < -0.39 is 0 Å². The molecule has 38 heavy (non-hydrogen) atoms. The molecule has 0 aliphatic carbocycles. The Balaban J connectivity index is 1.45. The smallest absolute Gasteiger partial charge is 0.0332 e. The number of hydrogen-bond acceptors (Lipinski definition) is 0. The fourth-order valence-corrected chi connectivity index (χ4v) is 7.59. The van der Waals surface area contributed by atoms with E-state index in [1.54, 1.807) is 0 Å². The summed E-state index contributed by atoms with van der Waals surface area (Å²) in [4.78, 5) is 0. The van der Waals surface area contributed by atoms with Gasteiger partial charge in [-0.1, -0.05) is 109 Å². The summed E-state index contributed by atoms with van der Waals surface area (Å²) in [7, 11) is 0. The summed E-state index contributed by atoms with van der Waals surface area (Å²) < 4.78 is 2.32. The van der Waals surface area contributed by atoms with Gasteiger partial charge < -0.3 is 0 Å². The zero-order valence-corrected chi connectivity index (χ0v) is 23.5. The Kier molecular flexibility index (Phi) is 4.92. The minimum atomic E-state index is 1.16. The van der Waals surface area contributed by atoms with Gasteiger partial charge in [-0.2, -0.15) is 0 Å². The maximum Gasteiger partial charge on any atom is 0.0332 e. The van der Waals surface area contributed by atoms with Crippen molar-refractivity contribution in [2.45, 2.75) is 0 Å². The van der Waals surface area contributed by atoms with Crippen LogP contribution in [-0.4, -0.2) is 0 Å². The van der Waals surface area contributed by atoms with Crippen LogP contribution >= 0.6 is 31.9 Å². The fraction of sp³-hybridized carbons (Fsp3) is 0. The van der Waals surface area contributed by atoms with Crippen molar-refractivity contribution in [1.82, 2.24) is 0 Å². The minimum Gasteiger partial charge on any atom is -0.0616 e. The third kappa shape index (κ3) is 3.14. The summed E-state index contributed by atoms with van der Waals surface area (Å²) in [5.74, 6) is 0. The third-order valence-corrected chi connectivity index (χ3v) is 9.67. The first kappa shape index (κ1) is 22.3. The second-order valence-corrected chi connectivity index (χ2v) is 11.5. The zero-order valence-electron chi connectivity index (χ0n) is 20.3. The second-order valence-electron chi connectivity index (χ2n) is 9.95. The van der Waals surface area contributed by atoms with E-state index in [1.165, 1.54) is 75.8 Å². The van der Waals surface area contributed by atoms with Crippen molar-refractivity contribution in [1.29, 1.82) is 0 Å². The molecular weight excluding hydrogens is 592 g/mol. The number of halogens is 2. The first-order chi connectivity index (χ1) is 18.7. The summed E-state index contributed by atoms with van der Waals surface area (Å²) in [6.45, 7) is 0. The molecule has 8 aromatic rings. The Labute approximate surface area is 236 Å². The summed E-state index contributed by atoms with van der Waals surface area (Å²) in [6, 6.07) is 44.4. The Hall–Kier alpha value is -3.72. The van der Waals surface area contributed by atoms with Gasteiger partial charge in [0.1, 0.15) is 0 Å². The molecule has 0 bridgehead atoms. The zero-order chi connectivity index (χ0) is 25.4. The predicted molar refractivity (Wildman–Crippen MR) is 172 cm³/mol. The van der Waals surface area contributed by atoms with E-state index in [2.05, 4.69) is 153 Å².